The predicted octanol–water partition coefficient (Wildman–Crippen LogP) is 0.978. The van der Waals surface area contributed by atoms with Crippen molar-refractivity contribution in [2.75, 3.05) is 26.2 Å². The van der Waals surface area contributed by atoms with E-state index in [0.29, 0.717) is 6.04 Å². The van der Waals surface area contributed by atoms with E-state index in [-0.39, 0.29) is 6.54 Å². The van der Waals surface area contributed by atoms with Gasteiger partial charge in [0.05, 0.1) is 6.54 Å². The molecule has 4 nitrogen and oxygen atoms in total. The monoisotopic (exact) mass is 248 g/mol. The van der Waals surface area contributed by atoms with Crippen molar-refractivity contribution < 1.29 is 9.90 Å². The van der Waals surface area contributed by atoms with Gasteiger partial charge in [0, 0.05) is 19.1 Å². The molecule has 0 amide bonds. The van der Waals surface area contributed by atoms with E-state index < -0.39 is 5.97 Å². The molecular formula is C14H20N2O2. The molecule has 1 aliphatic rings. The van der Waals surface area contributed by atoms with Gasteiger partial charge in [-0.05, 0) is 24.9 Å². The number of carboxylic acid groups (broad SMARTS) is 1. The molecule has 98 valence electrons. The first-order valence-corrected chi connectivity index (χ1v) is 6.45. The second kappa shape index (κ2) is 6.52. The topological polar surface area (TPSA) is 52.6 Å². The maximum absolute atomic E-state index is 10.5. The highest BCUT2D eigenvalue weighted by atomic mass is 16.4. The molecule has 18 heavy (non-hydrogen) atoms. The first-order valence-electron chi connectivity index (χ1n) is 6.45. The van der Waals surface area contributed by atoms with Gasteiger partial charge >= 0.3 is 5.97 Å². The fraction of sp³-hybridized carbons (Fsp3) is 0.500. The Hall–Kier alpha value is -1.39. The Morgan fingerprint density at radius 3 is 2.89 bits per heavy atom. The lowest BCUT2D eigenvalue weighted by Crippen LogP contribution is -2.36. The van der Waals surface area contributed by atoms with Crippen molar-refractivity contribution >= 4 is 5.97 Å². The van der Waals surface area contributed by atoms with Crippen LogP contribution in [0.4, 0.5) is 0 Å². The summed E-state index contributed by atoms with van der Waals surface area (Å²) in [5, 5.41) is 11.7. The molecule has 0 aliphatic carbocycles. The Morgan fingerprint density at radius 2 is 2.17 bits per heavy atom. The summed E-state index contributed by atoms with van der Waals surface area (Å²) in [4.78, 5) is 12.9. The molecule has 1 fully saturated rings. The minimum atomic E-state index is -0.780. The van der Waals surface area contributed by atoms with Gasteiger partial charge in [0.15, 0.2) is 0 Å². The average molecular weight is 248 g/mol. The van der Waals surface area contributed by atoms with Gasteiger partial charge in [-0.3, -0.25) is 4.79 Å². The number of likely N-dealkylation sites (tertiary alicyclic amines) is 1. The predicted molar refractivity (Wildman–Crippen MR) is 70.6 cm³/mol. The SMILES string of the molecule is O=C(O)CNC1CCN(CCc2ccccc2)C1. The molecule has 0 radical (unpaired) electrons. The summed E-state index contributed by atoms with van der Waals surface area (Å²) in [6.07, 6.45) is 2.11. The molecule has 1 aromatic rings. The summed E-state index contributed by atoms with van der Waals surface area (Å²) < 4.78 is 0. The van der Waals surface area contributed by atoms with Crippen LogP contribution in [0.1, 0.15) is 12.0 Å². The maximum atomic E-state index is 10.5. The van der Waals surface area contributed by atoms with Crippen LogP contribution in [0.3, 0.4) is 0 Å². The quantitative estimate of drug-likeness (QED) is 0.788. The zero-order valence-electron chi connectivity index (χ0n) is 10.5. The summed E-state index contributed by atoms with van der Waals surface area (Å²) in [7, 11) is 0. The lowest BCUT2D eigenvalue weighted by molar-refractivity contribution is -0.136. The fourth-order valence-electron chi connectivity index (χ4n) is 2.37. The van der Waals surface area contributed by atoms with Crippen molar-refractivity contribution in [3.63, 3.8) is 0 Å². The third kappa shape index (κ3) is 4.13. The number of rotatable bonds is 6. The van der Waals surface area contributed by atoms with E-state index in [1.165, 1.54) is 5.56 Å². The number of carbonyl (C=O) groups is 1. The van der Waals surface area contributed by atoms with E-state index in [4.69, 9.17) is 5.11 Å². The Labute approximate surface area is 108 Å². The van der Waals surface area contributed by atoms with Gasteiger partial charge in [-0.25, -0.2) is 0 Å². The van der Waals surface area contributed by atoms with Gasteiger partial charge in [-0.15, -0.1) is 0 Å². The first kappa shape index (κ1) is 13.1. The van der Waals surface area contributed by atoms with Crippen LogP contribution in [0.25, 0.3) is 0 Å². The van der Waals surface area contributed by atoms with Gasteiger partial charge in [0.1, 0.15) is 0 Å². The van der Waals surface area contributed by atoms with Crippen LogP contribution in [0.5, 0.6) is 0 Å². The van der Waals surface area contributed by atoms with E-state index in [1.807, 2.05) is 6.07 Å². The highest BCUT2D eigenvalue weighted by Crippen LogP contribution is 2.10. The van der Waals surface area contributed by atoms with Crippen LogP contribution in [0.15, 0.2) is 30.3 Å². The van der Waals surface area contributed by atoms with Crippen LogP contribution in [0, 0.1) is 0 Å². The molecule has 0 bridgehead atoms. The summed E-state index contributed by atoms with van der Waals surface area (Å²) in [5.41, 5.74) is 1.36. The summed E-state index contributed by atoms with van der Waals surface area (Å²) >= 11 is 0. The van der Waals surface area contributed by atoms with Gasteiger partial charge in [-0.2, -0.15) is 0 Å². The Kier molecular flexibility index (Phi) is 4.73. The standard InChI is InChI=1S/C14H20N2O2/c17-14(18)10-15-13-7-9-16(11-13)8-6-12-4-2-1-3-5-12/h1-5,13,15H,6-11H2,(H,17,18). The largest absolute Gasteiger partial charge is 0.480 e. The first-order chi connectivity index (χ1) is 8.74. The molecule has 2 N–H and O–H groups in total. The van der Waals surface area contributed by atoms with Gasteiger partial charge in [0.2, 0.25) is 0 Å². The van der Waals surface area contributed by atoms with E-state index in [9.17, 15) is 4.79 Å². The molecule has 1 unspecified atom stereocenters. The highest BCUT2D eigenvalue weighted by molar-refractivity contribution is 5.69. The molecule has 0 saturated carbocycles. The van der Waals surface area contributed by atoms with Gasteiger partial charge in [0.25, 0.3) is 0 Å². The van der Waals surface area contributed by atoms with Crippen LogP contribution < -0.4 is 5.32 Å². The molecule has 1 heterocycles. The number of hydrogen-bond acceptors (Lipinski definition) is 3. The van der Waals surface area contributed by atoms with Crippen molar-refractivity contribution in [3.8, 4) is 0 Å². The Morgan fingerprint density at radius 1 is 1.39 bits per heavy atom. The minimum Gasteiger partial charge on any atom is -0.480 e. The maximum Gasteiger partial charge on any atom is 0.317 e. The van der Waals surface area contributed by atoms with Crippen LogP contribution in [-0.4, -0.2) is 48.2 Å². The fourth-order valence-corrected chi connectivity index (χ4v) is 2.37. The van der Waals surface area contributed by atoms with E-state index in [1.54, 1.807) is 0 Å². The molecule has 2 rings (SSSR count). The molecule has 4 heteroatoms. The highest BCUT2D eigenvalue weighted by Gasteiger charge is 2.21. The van der Waals surface area contributed by atoms with E-state index >= 15 is 0 Å². The minimum absolute atomic E-state index is 0.0667. The van der Waals surface area contributed by atoms with Crippen molar-refractivity contribution in [1.29, 1.82) is 0 Å². The normalized spacial score (nSPS) is 20.1. The molecule has 1 aromatic carbocycles. The molecule has 0 aromatic heterocycles. The van der Waals surface area contributed by atoms with Crippen molar-refractivity contribution in [1.82, 2.24) is 10.2 Å². The summed E-state index contributed by atoms with van der Waals surface area (Å²) in [6.45, 7) is 3.14. The van der Waals surface area contributed by atoms with Crippen LogP contribution in [0.2, 0.25) is 0 Å². The average Bonchev–Trinajstić information content (AvgIpc) is 2.83. The van der Waals surface area contributed by atoms with Crippen LogP contribution in [-0.2, 0) is 11.2 Å². The lowest BCUT2D eigenvalue weighted by Gasteiger charge is -2.16. The number of nitrogens with one attached hydrogen (secondary N) is 1. The molecule has 0 spiro atoms. The molecular weight excluding hydrogens is 228 g/mol. The molecule has 1 saturated heterocycles. The molecule has 1 aliphatic heterocycles. The third-order valence-corrected chi connectivity index (χ3v) is 3.37. The van der Waals surface area contributed by atoms with E-state index in [2.05, 4.69) is 34.5 Å². The summed E-state index contributed by atoms with van der Waals surface area (Å²) in [6, 6.07) is 10.8. The number of nitrogens with zero attached hydrogens (tertiary/aromatic N) is 1. The molecule has 1 atom stereocenters. The lowest BCUT2D eigenvalue weighted by atomic mass is 10.1. The second-order valence-corrected chi connectivity index (χ2v) is 4.80. The van der Waals surface area contributed by atoms with E-state index in [0.717, 1.165) is 32.5 Å². The number of carboxylic acids is 1. The Balaban J connectivity index is 1.68. The Bertz CT molecular complexity index is 381. The zero-order valence-corrected chi connectivity index (χ0v) is 10.5. The summed E-state index contributed by atoms with van der Waals surface area (Å²) in [5.74, 6) is -0.780. The smallest absolute Gasteiger partial charge is 0.317 e. The van der Waals surface area contributed by atoms with Crippen molar-refractivity contribution in [2.24, 2.45) is 0 Å². The second-order valence-electron chi connectivity index (χ2n) is 4.80. The third-order valence-electron chi connectivity index (χ3n) is 3.37. The van der Waals surface area contributed by atoms with Crippen LogP contribution >= 0.6 is 0 Å². The van der Waals surface area contributed by atoms with Gasteiger partial charge in [-0.1, -0.05) is 30.3 Å². The van der Waals surface area contributed by atoms with Crippen molar-refractivity contribution in [3.05, 3.63) is 35.9 Å². The number of aliphatic carboxylic acids is 1. The zero-order chi connectivity index (χ0) is 12.8. The van der Waals surface area contributed by atoms with Gasteiger partial charge < -0.3 is 15.3 Å². The van der Waals surface area contributed by atoms with Crippen molar-refractivity contribution in [2.45, 2.75) is 18.9 Å². The number of hydrogen-bond donors (Lipinski definition) is 2. The number of benzene rings is 1.